The molecule has 6 nitrogen and oxygen atoms in total. The first-order valence-electron chi connectivity index (χ1n) is 6.80. The second-order valence-electron chi connectivity index (χ2n) is 4.91. The van der Waals surface area contributed by atoms with Gasteiger partial charge in [-0.15, -0.1) is 0 Å². The van der Waals surface area contributed by atoms with Crippen LogP contribution in [0.15, 0.2) is 6.07 Å². The number of nitrogens with zero attached hydrogens (tertiary/aromatic N) is 2. The van der Waals surface area contributed by atoms with Crippen molar-refractivity contribution in [2.24, 2.45) is 5.73 Å². The summed E-state index contributed by atoms with van der Waals surface area (Å²) in [7, 11) is 0. The largest absolute Gasteiger partial charge is 0.380 e. The molecule has 1 aliphatic carbocycles. The molecule has 0 spiro atoms. The van der Waals surface area contributed by atoms with Crippen LogP contribution < -0.4 is 11.1 Å². The smallest absolute Gasteiger partial charge is 0.269 e. The van der Waals surface area contributed by atoms with Crippen LogP contribution in [0.4, 0.5) is 0 Å². The van der Waals surface area contributed by atoms with E-state index in [4.69, 9.17) is 10.5 Å². The van der Waals surface area contributed by atoms with E-state index in [1.165, 1.54) is 0 Å². The van der Waals surface area contributed by atoms with Crippen LogP contribution in [0.3, 0.4) is 0 Å². The molecule has 0 radical (unpaired) electrons. The normalized spacial score (nSPS) is 22.1. The van der Waals surface area contributed by atoms with Crippen LogP contribution in [0.2, 0.25) is 0 Å². The maximum absolute atomic E-state index is 12.2. The Hall–Kier alpha value is -1.40. The fourth-order valence-electron chi connectivity index (χ4n) is 2.14. The van der Waals surface area contributed by atoms with Crippen LogP contribution in [-0.4, -0.2) is 41.0 Å². The molecule has 0 aromatic carbocycles. The van der Waals surface area contributed by atoms with Gasteiger partial charge in [-0.25, -0.2) is 0 Å². The van der Waals surface area contributed by atoms with Crippen molar-refractivity contribution < 1.29 is 9.53 Å². The number of carbonyl (C=O) groups is 1. The predicted molar refractivity (Wildman–Crippen MR) is 71.9 cm³/mol. The van der Waals surface area contributed by atoms with E-state index in [2.05, 4.69) is 10.4 Å². The maximum atomic E-state index is 12.2. The summed E-state index contributed by atoms with van der Waals surface area (Å²) >= 11 is 0. The Morgan fingerprint density at radius 3 is 3.00 bits per heavy atom. The molecule has 6 heteroatoms. The fraction of sp³-hybridized carbons (Fsp3) is 0.692. The van der Waals surface area contributed by atoms with Crippen molar-refractivity contribution in [3.05, 3.63) is 17.5 Å². The lowest BCUT2D eigenvalue weighted by Crippen LogP contribution is -2.54. The topological polar surface area (TPSA) is 82.2 Å². The Labute approximate surface area is 113 Å². The van der Waals surface area contributed by atoms with Crippen molar-refractivity contribution >= 4 is 5.91 Å². The molecule has 2 atom stereocenters. The molecule has 1 saturated carbocycles. The molecule has 0 aliphatic heterocycles. The predicted octanol–water partition coefficient (Wildman–Crippen LogP) is 0.448. The van der Waals surface area contributed by atoms with Crippen molar-refractivity contribution in [2.45, 2.75) is 45.3 Å². The molecule has 0 unspecified atom stereocenters. The Morgan fingerprint density at radius 1 is 1.63 bits per heavy atom. The standard InChI is InChI=1S/C13H22N4O2/c1-3-19-7-6-17-12(8-9(2)16-17)13(18)15-11-5-4-10(11)14/h8,10-11H,3-7,14H2,1-2H3,(H,15,18)/t10-,11+/m1/s1. The molecular weight excluding hydrogens is 244 g/mol. The van der Waals surface area contributed by atoms with Crippen LogP contribution in [0.1, 0.15) is 35.9 Å². The van der Waals surface area contributed by atoms with Gasteiger partial charge in [-0.3, -0.25) is 9.48 Å². The van der Waals surface area contributed by atoms with Crippen LogP contribution >= 0.6 is 0 Å². The number of hydrogen-bond acceptors (Lipinski definition) is 4. The van der Waals surface area contributed by atoms with Gasteiger partial charge in [0.25, 0.3) is 5.91 Å². The maximum Gasteiger partial charge on any atom is 0.269 e. The minimum atomic E-state index is -0.0998. The van der Waals surface area contributed by atoms with E-state index in [9.17, 15) is 4.79 Å². The van der Waals surface area contributed by atoms with Crippen molar-refractivity contribution in [1.82, 2.24) is 15.1 Å². The van der Waals surface area contributed by atoms with Gasteiger partial charge >= 0.3 is 0 Å². The third-order valence-corrected chi connectivity index (χ3v) is 3.43. The van der Waals surface area contributed by atoms with Crippen molar-refractivity contribution in [2.75, 3.05) is 13.2 Å². The monoisotopic (exact) mass is 266 g/mol. The molecular formula is C13H22N4O2. The van der Waals surface area contributed by atoms with Gasteiger partial charge in [-0.2, -0.15) is 5.10 Å². The number of rotatable bonds is 6. The van der Waals surface area contributed by atoms with Gasteiger partial charge in [-0.1, -0.05) is 0 Å². The minimum absolute atomic E-state index is 0.0878. The number of aryl methyl sites for hydroxylation is 1. The summed E-state index contributed by atoms with van der Waals surface area (Å²) in [6, 6.07) is 1.98. The number of carbonyl (C=O) groups excluding carboxylic acids is 1. The number of amides is 1. The zero-order valence-electron chi connectivity index (χ0n) is 11.6. The van der Waals surface area contributed by atoms with Crippen LogP contribution in [0.5, 0.6) is 0 Å². The summed E-state index contributed by atoms with van der Waals surface area (Å²) in [5, 5.41) is 7.28. The van der Waals surface area contributed by atoms with E-state index >= 15 is 0 Å². The first-order chi connectivity index (χ1) is 9.11. The van der Waals surface area contributed by atoms with Gasteiger partial charge in [0.1, 0.15) is 5.69 Å². The van der Waals surface area contributed by atoms with Crippen LogP contribution in [-0.2, 0) is 11.3 Å². The van der Waals surface area contributed by atoms with Gasteiger partial charge in [0.15, 0.2) is 0 Å². The number of ether oxygens (including phenoxy) is 1. The first kappa shape index (κ1) is 14.0. The summed E-state index contributed by atoms with van der Waals surface area (Å²) in [5.74, 6) is -0.0998. The second-order valence-corrected chi connectivity index (χ2v) is 4.91. The summed E-state index contributed by atoms with van der Waals surface area (Å²) in [6.07, 6.45) is 1.94. The lowest BCUT2D eigenvalue weighted by Gasteiger charge is -2.34. The van der Waals surface area contributed by atoms with E-state index < -0.39 is 0 Å². The molecule has 1 amide bonds. The average Bonchev–Trinajstić information content (AvgIpc) is 2.75. The lowest BCUT2D eigenvalue weighted by molar-refractivity contribution is 0.0888. The number of aromatic nitrogens is 2. The van der Waals surface area contributed by atoms with Crippen LogP contribution in [0.25, 0.3) is 0 Å². The second kappa shape index (κ2) is 6.16. The number of hydrogen-bond donors (Lipinski definition) is 2. The molecule has 106 valence electrons. The van der Waals surface area contributed by atoms with Gasteiger partial charge in [0, 0.05) is 18.7 Å². The Kier molecular flexibility index (Phi) is 4.55. The van der Waals surface area contributed by atoms with Gasteiger partial charge < -0.3 is 15.8 Å². The molecule has 1 aromatic heterocycles. The van der Waals surface area contributed by atoms with E-state index in [-0.39, 0.29) is 18.0 Å². The van der Waals surface area contributed by atoms with E-state index in [0.717, 1.165) is 18.5 Å². The van der Waals surface area contributed by atoms with E-state index in [1.54, 1.807) is 10.7 Å². The molecule has 1 fully saturated rings. The zero-order valence-corrected chi connectivity index (χ0v) is 11.6. The highest BCUT2D eigenvalue weighted by Crippen LogP contribution is 2.18. The molecule has 0 bridgehead atoms. The Bertz CT molecular complexity index is 444. The van der Waals surface area contributed by atoms with Crippen molar-refractivity contribution in [3.8, 4) is 0 Å². The Balaban J connectivity index is 1.99. The van der Waals surface area contributed by atoms with Crippen molar-refractivity contribution in [1.29, 1.82) is 0 Å². The minimum Gasteiger partial charge on any atom is -0.380 e. The number of nitrogens with two attached hydrogens (primary N) is 1. The number of nitrogens with one attached hydrogen (secondary N) is 1. The fourth-order valence-corrected chi connectivity index (χ4v) is 2.14. The molecule has 3 N–H and O–H groups in total. The summed E-state index contributed by atoms with van der Waals surface area (Å²) < 4.78 is 7.00. The third kappa shape index (κ3) is 3.33. The first-order valence-corrected chi connectivity index (χ1v) is 6.80. The van der Waals surface area contributed by atoms with Gasteiger partial charge in [0.2, 0.25) is 0 Å². The van der Waals surface area contributed by atoms with E-state index in [1.807, 2.05) is 13.8 Å². The molecule has 1 heterocycles. The highest BCUT2D eigenvalue weighted by atomic mass is 16.5. The highest BCUT2D eigenvalue weighted by Gasteiger charge is 2.29. The summed E-state index contributed by atoms with van der Waals surface area (Å²) in [4.78, 5) is 12.2. The van der Waals surface area contributed by atoms with Crippen LogP contribution in [0, 0.1) is 6.92 Å². The third-order valence-electron chi connectivity index (χ3n) is 3.43. The molecule has 1 aromatic rings. The average molecular weight is 266 g/mol. The van der Waals surface area contributed by atoms with E-state index in [0.29, 0.717) is 25.5 Å². The Morgan fingerprint density at radius 2 is 2.42 bits per heavy atom. The molecule has 0 saturated heterocycles. The van der Waals surface area contributed by atoms with Gasteiger partial charge in [-0.05, 0) is 32.8 Å². The summed E-state index contributed by atoms with van der Waals surface area (Å²) in [6.45, 7) is 5.63. The molecule has 19 heavy (non-hydrogen) atoms. The van der Waals surface area contributed by atoms with Crippen molar-refractivity contribution in [3.63, 3.8) is 0 Å². The lowest BCUT2D eigenvalue weighted by atomic mass is 9.87. The molecule has 2 rings (SSSR count). The highest BCUT2D eigenvalue weighted by molar-refractivity contribution is 5.93. The quantitative estimate of drug-likeness (QED) is 0.732. The zero-order chi connectivity index (χ0) is 13.8. The summed E-state index contributed by atoms with van der Waals surface area (Å²) in [5.41, 5.74) is 7.25. The SMILES string of the molecule is CCOCCn1nc(C)cc1C(=O)N[C@H]1CC[C@H]1N. The molecule has 1 aliphatic rings. The van der Waals surface area contributed by atoms with Gasteiger partial charge in [0.05, 0.1) is 18.8 Å².